The molecule has 7 heteroatoms. The van der Waals surface area contributed by atoms with Crippen LogP contribution in [0.15, 0.2) is 5.16 Å². The zero-order valence-electron chi connectivity index (χ0n) is 10.1. The van der Waals surface area contributed by atoms with Crippen molar-refractivity contribution >= 4 is 15.7 Å². The molecule has 1 heterocycles. The number of carbonyl (C=O) groups excluding carboxylic acids is 1. The predicted molar refractivity (Wildman–Crippen MR) is 64.7 cm³/mol. The minimum atomic E-state index is -3.47. The summed E-state index contributed by atoms with van der Waals surface area (Å²) in [6.45, 7) is 0. The van der Waals surface area contributed by atoms with Crippen molar-refractivity contribution in [1.82, 2.24) is 9.97 Å². The average molecular weight is 269 g/mol. The van der Waals surface area contributed by atoms with E-state index in [-0.39, 0.29) is 11.6 Å². The van der Waals surface area contributed by atoms with Gasteiger partial charge in [-0.3, -0.25) is 4.79 Å². The van der Waals surface area contributed by atoms with E-state index in [9.17, 15) is 13.2 Å². The van der Waals surface area contributed by atoms with E-state index in [1.807, 2.05) is 0 Å². The minimum Gasteiger partial charge on any atom is -0.369 e. The van der Waals surface area contributed by atoms with Gasteiger partial charge >= 0.3 is 0 Å². The highest BCUT2D eigenvalue weighted by Crippen LogP contribution is 2.23. The van der Waals surface area contributed by atoms with Crippen LogP contribution in [0, 0.1) is 0 Å². The number of carbonyl (C=O) groups is 1. The molecular formula is C11H15N3O3S. The van der Waals surface area contributed by atoms with Gasteiger partial charge in [-0.05, 0) is 31.2 Å². The fraction of sp³-hybridized carbons (Fsp3) is 0.545. The first-order chi connectivity index (χ1) is 8.38. The Morgan fingerprint density at radius 2 is 1.94 bits per heavy atom. The summed E-state index contributed by atoms with van der Waals surface area (Å²) in [7, 11) is -3.47. The molecule has 0 atom stereocenters. The predicted octanol–water partition coefficient (Wildman–Crippen LogP) is -0.213. The van der Waals surface area contributed by atoms with Crippen LogP contribution in [0.25, 0.3) is 0 Å². The van der Waals surface area contributed by atoms with Crippen molar-refractivity contribution in [2.75, 3.05) is 6.26 Å². The molecule has 0 saturated carbocycles. The maximum absolute atomic E-state index is 11.5. The second-order valence-corrected chi connectivity index (χ2v) is 6.41. The number of aromatic nitrogens is 2. The SMILES string of the molecule is CS(=O)(=O)c1nc2c(c(CC(N)=O)n1)CCCC2. The number of nitrogens with zero attached hydrogens (tertiary/aromatic N) is 2. The lowest BCUT2D eigenvalue weighted by atomic mass is 9.94. The quantitative estimate of drug-likeness (QED) is 0.764. The van der Waals surface area contributed by atoms with E-state index in [0.717, 1.165) is 43.2 Å². The molecule has 18 heavy (non-hydrogen) atoms. The summed E-state index contributed by atoms with van der Waals surface area (Å²) < 4.78 is 23.0. The van der Waals surface area contributed by atoms with Gasteiger partial charge in [-0.15, -0.1) is 0 Å². The monoisotopic (exact) mass is 269 g/mol. The lowest BCUT2D eigenvalue weighted by Gasteiger charge is -2.18. The number of rotatable bonds is 3. The van der Waals surface area contributed by atoms with Crippen LogP contribution in [0.4, 0.5) is 0 Å². The second kappa shape index (κ2) is 4.64. The Labute approximate surface area is 106 Å². The molecule has 0 radical (unpaired) electrons. The first-order valence-electron chi connectivity index (χ1n) is 5.75. The Bertz CT molecular complexity index is 596. The molecule has 1 aliphatic carbocycles. The maximum atomic E-state index is 11.5. The Balaban J connectivity index is 2.58. The number of primary amides is 1. The summed E-state index contributed by atoms with van der Waals surface area (Å²) in [5, 5.41) is -0.209. The van der Waals surface area contributed by atoms with Crippen LogP contribution >= 0.6 is 0 Å². The van der Waals surface area contributed by atoms with Crippen molar-refractivity contribution in [3.63, 3.8) is 0 Å². The van der Waals surface area contributed by atoms with Crippen LogP contribution in [0.1, 0.15) is 29.8 Å². The Morgan fingerprint density at radius 1 is 1.28 bits per heavy atom. The van der Waals surface area contributed by atoms with Gasteiger partial charge in [0.1, 0.15) is 0 Å². The molecular weight excluding hydrogens is 254 g/mol. The smallest absolute Gasteiger partial charge is 0.247 e. The average Bonchev–Trinajstić information content (AvgIpc) is 2.27. The summed E-state index contributed by atoms with van der Waals surface area (Å²) in [5.74, 6) is -0.513. The van der Waals surface area contributed by atoms with Gasteiger partial charge in [0.2, 0.25) is 20.9 Å². The van der Waals surface area contributed by atoms with Crippen molar-refractivity contribution in [3.8, 4) is 0 Å². The van der Waals surface area contributed by atoms with Crippen molar-refractivity contribution in [2.45, 2.75) is 37.3 Å². The standard InChI is InChI=1S/C11H15N3O3S/c1-18(16,17)11-13-8-5-3-2-4-7(8)9(14-11)6-10(12)15/h2-6H2,1H3,(H2,12,15). The van der Waals surface area contributed by atoms with E-state index >= 15 is 0 Å². The molecule has 1 aromatic heterocycles. The van der Waals surface area contributed by atoms with Crippen LogP contribution in [-0.4, -0.2) is 30.5 Å². The molecule has 6 nitrogen and oxygen atoms in total. The normalized spacial score (nSPS) is 15.2. The second-order valence-electron chi connectivity index (χ2n) is 4.50. The number of fused-ring (bicyclic) bond motifs is 1. The molecule has 0 aromatic carbocycles. The van der Waals surface area contributed by atoms with Gasteiger partial charge in [0.05, 0.1) is 12.1 Å². The van der Waals surface area contributed by atoms with E-state index in [1.54, 1.807) is 0 Å². The molecule has 1 aliphatic rings. The number of aryl methyl sites for hydroxylation is 1. The van der Waals surface area contributed by atoms with Crippen LogP contribution in [0.2, 0.25) is 0 Å². The summed E-state index contributed by atoms with van der Waals surface area (Å²) in [6, 6.07) is 0. The molecule has 1 aromatic rings. The lowest BCUT2D eigenvalue weighted by molar-refractivity contribution is -0.117. The fourth-order valence-corrected chi connectivity index (χ4v) is 2.68. The van der Waals surface area contributed by atoms with Crippen LogP contribution in [0.3, 0.4) is 0 Å². The highest BCUT2D eigenvalue weighted by atomic mass is 32.2. The first-order valence-corrected chi connectivity index (χ1v) is 7.64. The molecule has 2 rings (SSSR count). The van der Waals surface area contributed by atoms with E-state index in [1.165, 1.54) is 0 Å². The van der Waals surface area contributed by atoms with Gasteiger partial charge in [-0.25, -0.2) is 18.4 Å². The van der Waals surface area contributed by atoms with Crippen LogP contribution in [0.5, 0.6) is 0 Å². The Morgan fingerprint density at radius 3 is 2.56 bits per heavy atom. The highest BCUT2D eigenvalue weighted by Gasteiger charge is 2.22. The lowest BCUT2D eigenvalue weighted by Crippen LogP contribution is -2.21. The van der Waals surface area contributed by atoms with Gasteiger partial charge < -0.3 is 5.73 Å². The fourth-order valence-electron chi connectivity index (χ4n) is 2.12. The van der Waals surface area contributed by atoms with E-state index < -0.39 is 15.7 Å². The summed E-state index contributed by atoms with van der Waals surface area (Å²) in [4.78, 5) is 19.1. The number of amides is 1. The molecule has 0 saturated heterocycles. The largest absolute Gasteiger partial charge is 0.369 e. The van der Waals surface area contributed by atoms with Crippen molar-refractivity contribution in [1.29, 1.82) is 0 Å². The first kappa shape index (κ1) is 12.9. The van der Waals surface area contributed by atoms with Gasteiger partial charge in [0, 0.05) is 11.9 Å². The summed E-state index contributed by atoms with van der Waals surface area (Å²) >= 11 is 0. The molecule has 2 N–H and O–H groups in total. The minimum absolute atomic E-state index is 0.0344. The van der Waals surface area contributed by atoms with Crippen molar-refractivity contribution in [2.24, 2.45) is 5.73 Å². The highest BCUT2D eigenvalue weighted by molar-refractivity contribution is 7.90. The Hall–Kier alpha value is -1.50. The third kappa shape index (κ3) is 2.66. The number of sulfone groups is 1. The van der Waals surface area contributed by atoms with Crippen LogP contribution in [-0.2, 0) is 33.9 Å². The third-order valence-electron chi connectivity index (χ3n) is 2.92. The summed E-state index contributed by atoms with van der Waals surface area (Å²) in [6.07, 6.45) is 4.51. The van der Waals surface area contributed by atoms with E-state index in [2.05, 4.69) is 9.97 Å². The molecule has 98 valence electrons. The van der Waals surface area contributed by atoms with E-state index in [4.69, 9.17) is 5.73 Å². The zero-order chi connectivity index (χ0) is 13.3. The number of hydrogen-bond acceptors (Lipinski definition) is 5. The molecule has 0 unspecified atom stereocenters. The third-order valence-corrected chi connectivity index (χ3v) is 3.77. The molecule has 1 amide bonds. The van der Waals surface area contributed by atoms with Crippen molar-refractivity contribution in [3.05, 3.63) is 17.0 Å². The van der Waals surface area contributed by atoms with Gasteiger partial charge in [-0.1, -0.05) is 0 Å². The van der Waals surface area contributed by atoms with Gasteiger partial charge in [-0.2, -0.15) is 0 Å². The Kier molecular flexibility index (Phi) is 3.34. The van der Waals surface area contributed by atoms with E-state index in [0.29, 0.717) is 5.69 Å². The molecule has 0 aliphatic heterocycles. The molecule has 0 bridgehead atoms. The zero-order valence-corrected chi connectivity index (χ0v) is 11.0. The molecule has 0 spiro atoms. The van der Waals surface area contributed by atoms with Crippen molar-refractivity contribution < 1.29 is 13.2 Å². The topological polar surface area (TPSA) is 103 Å². The number of hydrogen-bond donors (Lipinski definition) is 1. The maximum Gasteiger partial charge on any atom is 0.247 e. The van der Waals surface area contributed by atoms with Crippen LogP contribution < -0.4 is 5.73 Å². The van der Waals surface area contributed by atoms with Gasteiger partial charge in [0.25, 0.3) is 0 Å². The molecule has 0 fully saturated rings. The summed E-state index contributed by atoms with van der Waals surface area (Å²) in [5.41, 5.74) is 7.27. The van der Waals surface area contributed by atoms with Gasteiger partial charge in [0.15, 0.2) is 0 Å². The number of nitrogens with two attached hydrogens (primary N) is 1.